The number of nitrogens with zero attached hydrogens (tertiary/aromatic N) is 1. The molecule has 0 radical (unpaired) electrons. The summed E-state index contributed by atoms with van der Waals surface area (Å²) < 4.78 is 0. The Bertz CT molecular complexity index is 769. The first-order chi connectivity index (χ1) is 10.8. The molecule has 0 saturated carbocycles. The highest BCUT2D eigenvalue weighted by molar-refractivity contribution is 5.86. The molecular weight excluding hydrogens is 272 g/mol. The summed E-state index contributed by atoms with van der Waals surface area (Å²) in [5, 5.41) is 5.52. The van der Waals surface area contributed by atoms with Crippen molar-refractivity contribution in [3.63, 3.8) is 0 Å². The van der Waals surface area contributed by atoms with Gasteiger partial charge in [-0.05, 0) is 28.5 Å². The average Bonchev–Trinajstić information content (AvgIpc) is 2.56. The zero-order valence-electron chi connectivity index (χ0n) is 12.3. The molecule has 0 aliphatic heterocycles. The van der Waals surface area contributed by atoms with E-state index >= 15 is 0 Å². The van der Waals surface area contributed by atoms with Gasteiger partial charge in [0.25, 0.3) is 0 Å². The largest absolute Gasteiger partial charge is 0.304 e. The monoisotopic (exact) mass is 290 g/mol. The lowest BCUT2D eigenvalue weighted by Crippen LogP contribution is -2.24. The summed E-state index contributed by atoms with van der Waals surface area (Å²) in [6.07, 6.45) is 2.22. The van der Waals surface area contributed by atoms with Gasteiger partial charge < -0.3 is 5.32 Å². The molecule has 2 aromatic carbocycles. The Morgan fingerprint density at radius 1 is 0.955 bits per heavy atom. The van der Waals surface area contributed by atoms with Crippen molar-refractivity contribution in [1.82, 2.24) is 10.3 Å². The van der Waals surface area contributed by atoms with Crippen LogP contribution >= 0.6 is 0 Å². The minimum Gasteiger partial charge on any atom is -0.304 e. The third kappa shape index (κ3) is 3.77. The highest BCUT2D eigenvalue weighted by atomic mass is 16.1. The van der Waals surface area contributed by atoms with Crippen LogP contribution in [0.2, 0.25) is 0 Å². The van der Waals surface area contributed by atoms with Crippen LogP contribution in [-0.2, 0) is 17.8 Å². The maximum Gasteiger partial charge on any atom is 0.150 e. The van der Waals surface area contributed by atoms with Crippen molar-refractivity contribution < 1.29 is 4.79 Å². The molecule has 0 aliphatic rings. The molecule has 0 bridgehead atoms. The van der Waals surface area contributed by atoms with Gasteiger partial charge in [0.05, 0.1) is 12.2 Å². The number of Topliss-reactive ketones (excluding diaryl/α,β-unsaturated/α-hetero) is 1. The van der Waals surface area contributed by atoms with E-state index in [9.17, 15) is 4.79 Å². The van der Waals surface area contributed by atoms with E-state index in [1.807, 2.05) is 36.4 Å². The molecule has 22 heavy (non-hydrogen) atoms. The van der Waals surface area contributed by atoms with Crippen molar-refractivity contribution in [2.24, 2.45) is 0 Å². The van der Waals surface area contributed by atoms with Crippen LogP contribution in [0.15, 0.2) is 66.9 Å². The summed E-state index contributed by atoms with van der Waals surface area (Å²) in [5.41, 5.74) is 2.00. The van der Waals surface area contributed by atoms with E-state index in [-0.39, 0.29) is 5.78 Å². The van der Waals surface area contributed by atoms with Gasteiger partial charge >= 0.3 is 0 Å². The maximum atomic E-state index is 12.1. The van der Waals surface area contributed by atoms with Crippen molar-refractivity contribution >= 4 is 16.6 Å². The minimum atomic E-state index is 0.186. The Hall–Kier alpha value is -2.52. The summed E-state index contributed by atoms with van der Waals surface area (Å²) in [7, 11) is 0. The van der Waals surface area contributed by atoms with Gasteiger partial charge in [-0.15, -0.1) is 0 Å². The second kappa shape index (κ2) is 6.96. The molecule has 3 nitrogen and oxygen atoms in total. The summed E-state index contributed by atoms with van der Waals surface area (Å²) in [6.45, 7) is 0.980. The second-order valence-corrected chi connectivity index (χ2v) is 5.32. The van der Waals surface area contributed by atoms with Gasteiger partial charge in [0.2, 0.25) is 0 Å². The molecule has 1 N–H and O–H groups in total. The van der Waals surface area contributed by atoms with E-state index in [0.29, 0.717) is 19.5 Å². The SMILES string of the molecule is O=C(CNCc1ccccn1)Cc1ccc2ccccc2c1. The Morgan fingerprint density at radius 3 is 2.59 bits per heavy atom. The van der Waals surface area contributed by atoms with Crippen LogP contribution in [0.5, 0.6) is 0 Å². The van der Waals surface area contributed by atoms with Crippen LogP contribution in [0.25, 0.3) is 10.8 Å². The number of pyridine rings is 1. The minimum absolute atomic E-state index is 0.186. The summed E-state index contributed by atoms with van der Waals surface area (Å²) in [4.78, 5) is 16.3. The molecule has 0 aliphatic carbocycles. The van der Waals surface area contributed by atoms with E-state index in [1.54, 1.807) is 6.20 Å². The summed E-state index contributed by atoms with van der Waals surface area (Å²) in [5.74, 6) is 0.186. The number of carbonyl (C=O) groups excluding carboxylic acids is 1. The lowest BCUT2D eigenvalue weighted by atomic mass is 10.0. The summed E-state index contributed by atoms with van der Waals surface area (Å²) in [6, 6.07) is 20.1. The van der Waals surface area contributed by atoms with Gasteiger partial charge in [0.15, 0.2) is 5.78 Å². The predicted molar refractivity (Wildman–Crippen MR) is 88.6 cm³/mol. The van der Waals surface area contributed by atoms with Gasteiger partial charge in [-0.3, -0.25) is 9.78 Å². The zero-order chi connectivity index (χ0) is 15.2. The highest BCUT2D eigenvalue weighted by Gasteiger charge is 2.04. The van der Waals surface area contributed by atoms with Gasteiger partial charge in [0.1, 0.15) is 0 Å². The van der Waals surface area contributed by atoms with Crippen LogP contribution in [0.1, 0.15) is 11.3 Å². The van der Waals surface area contributed by atoms with Crippen LogP contribution in [-0.4, -0.2) is 17.3 Å². The quantitative estimate of drug-likeness (QED) is 0.758. The van der Waals surface area contributed by atoms with E-state index in [4.69, 9.17) is 0 Å². The lowest BCUT2D eigenvalue weighted by molar-refractivity contribution is -0.117. The predicted octanol–water partition coefficient (Wildman–Crippen LogP) is 3.14. The number of nitrogens with one attached hydrogen (secondary N) is 1. The third-order valence-corrected chi connectivity index (χ3v) is 3.57. The number of fused-ring (bicyclic) bond motifs is 1. The lowest BCUT2D eigenvalue weighted by Gasteiger charge is -2.05. The molecular formula is C19H18N2O. The molecule has 1 heterocycles. The number of ketones is 1. The first-order valence-corrected chi connectivity index (χ1v) is 7.41. The first-order valence-electron chi connectivity index (χ1n) is 7.41. The molecule has 0 atom stereocenters. The first kappa shape index (κ1) is 14.4. The number of benzene rings is 2. The van der Waals surface area contributed by atoms with E-state index in [1.165, 1.54) is 10.8 Å². The fraction of sp³-hybridized carbons (Fsp3) is 0.158. The molecule has 0 fully saturated rings. The van der Waals surface area contributed by atoms with Crippen molar-refractivity contribution in [3.05, 3.63) is 78.1 Å². The standard InChI is InChI=1S/C19H18N2O/c22-19(14-20-13-18-7-3-4-10-21-18)12-15-8-9-16-5-1-2-6-17(16)11-15/h1-11,20H,12-14H2. The molecule has 0 unspecified atom stereocenters. The number of rotatable bonds is 6. The maximum absolute atomic E-state index is 12.1. The van der Waals surface area contributed by atoms with Crippen LogP contribution in [0.3, 0.4) is 0 Å². The second-order valence-electron chi connectivity index (χ2n) is 5.32. The van der Waals surface area contributed by atoms with Crippen LogP contribution in [0, 0.1) is 0 Å². The van der Waals surface area contributed by atoms with Crippen LogP contribution in [0.4, 0.5) is 0 Å². The fourth-order valence-corrected chi connectivity index (χ4v) is 2.47. The molecule has 3 rings (SSSR count). The molecule has 3 heteroatoms. The zero-order valence-corrected chi connectivity index (χ0v) is 12.3. The molecule has 3 aromatic rings. The van der Waals surface area contributed by atoms with E-state index in [0.717, 1.165) is 11.3 Å². The van der Waals surface area contributed by atoms with Crippen molar-refractivity contribution in [2.45, 2.75) is 13.0 Å². The number of hydrogen-bond donors (Lipinski definition) is 1. The Morgan fingerprint density at radius 2 is 1.77 bits per heavy atom. The van der Waals surface area contributed by atoms with Crippen molar-refractivity contribution in [3.8, 4) is 0 Å². The Balaban J connectivity index is 1.54. The molecule has 110 valence electrons. The van der Waals surface area contributed by atoms with Gasteiger partial charge in [-0.2, -0.15) is 0 Å². The van der Waals surface area contributed by atoms with E-state index in [2.05, 4.69) is 34.6 Å². The number of carbonyl (C=O) groups is 1. The Kier molecular flexibility index (Phi) is 4.56. The smallest absolute Gasteiger partial charge is 0.150 e. The molecule has 0 spiro atoms. The molecule has 0 saturated heterocycles. The number of hydrogen-bond acceptors (Lipinski definition) is 3. The molecule has 0 amide bonds. The third-order valence-electron chi connectivity index (χ3n) is 3.57. The highest BCUT2D eigenvalue weighted by Crippen LogP contribution is 2.16. The number of aromatic nitrogens is 1. The van der Waals surface area contributed by atoms with Crippen LogP contribution < -0.4 is 5.32 Å². The topological polar surface area (TPSA) is 42.0 Å². The fourth-order valence-electron chi connectivity index (χ4n) is 2.47. The van der Waals surface area contributed by atoms with E-state index < -0.39 is 0 Å². The van der Waals surface area contributed by atoms with Crippen molar-refractivity contribution in [2.75, 3.05) is 6.54 Å². The van der Waals surface area contributed by atoms with Gasteiger partial charge in [-0.25, -0.2) is 0 Å². The van der Waals surface area contributed by atoms with Crippen molar-refractivity contribution in [1.29, 1.82) is 0 Å². The Labute approximate surface area is 130 Å². The van der Waals surface area contributed by atoms with Gasteiger partial charge in [-0.1, -0.05) is 48.5 Å². The normalized spacial score (nSPS) is 10.7. The molecule has 1 aromatic heterocycles. The van der Waals surface area contributed by atoms with Gasteiger partial charge in [0, 0.05) is 19.2 Å². The average molecular weight is 290 g/mol. The summed E-state index contributed by atoms with van der Waals surface area (Å²) >= 11 is 0.